The average Bonchev–Trinajstić information content (AvgIpc) is 3.19. The molecule has 0 radical (unpaired) electrons. The Morgan fingerprint density at radius 1 is 1.37 bits per heavy atom. The fourth-order valence-electron chi connectivity index (χ4n) is 2.11. The van der Waals surface area contributed by atoms with E-state index in [0.29, 0.717) is 24.2 Å². The molecular weight excluding hydrogens is 243 g/mol. The van der Waals surface area contributed by atoms with Crippen LogP contribution in [0.4, 0.5) is 4.39 Å². The van der Waals surface area contributed by atoms with Crippen LogP contribution in [0.1, 0.15) is 38.3 Å². The number of hydrogen-bond donors (Lipinski definition) is 2. The third-order valence-corrected chi connectivity index (χ3v) is 3.45. The highest BCUT2D eigenvalue weighted by Crippen LogP contribution is 2.31. The zero-order valence-corrected chi connectivity index (χ0v) is 11.9. The molecule has 1 aromatic rings. The van der Waals surface area contributed by atoms with Crippen molar-refractivity contribution in [2.75, 3.05) is 13.7 Å². The van der Waals surface area contributed by atoms with E-state index in [2.05, 4.69) is 24.7 Å². The topological polar surface area (TPSA) is 33.3 Å². The summed E-state index contributed by atoms with van der Waals surface area (Å²) in [6.45, 7) is 4.89. The lowest BCUT2D eigenvalue weighted by atomic mass is 9.96. The van der Waals surface area contributed by atoms with E-state index in [1.807, 2.05) is 19.2 Å². The zero-order chi connectivity index (χ0) is 13.8. The lowest BCUT2D eigenvalue weighted by Crippen LogP contribution is -2.35. The van der Waals surface area contributed by atoms with Crippen LogP contribution in [-0.4, -0.2) is 13.7 Å². The minimum Gasteiger partial charge on any atom is -0.490 e. The zero-order valence-electron chi connectivity index (χ0n) is 11.9. The summed E-state index contributed by atoms with van der Waals surface area (Å²) >= 11 is 0. The molecule has 106 valence electrons. The van der Waals surface area contributed by atoms with Gasteiger partial charge in [-0.15, -0.1) is 0 Å². The summed E-state index contributed by atoms with van der Waals surface area (Å²) in [5.74, 6) is 1.11. The molecule has 19 heavy (non-hydrogen) atoms. The molecule has 0 heterocycles. The molecule has 0 unspecified atom stereocenters. The van der Waals surface area contributed by atoms with Gasteiger partial charge in [-0.05, 0) is 49.4 Å². The van der Waals surface area contributed by atoms with E-state index in [0.717, 1.165) is 5.56 Å². The normalized spacial score (nSPS) is 16.7. The summed E-state index contributed by atoms with van der Waals surface area (Å²) in [6.07, 6.45) is 2.41. The first-order valence-electron chi connectivity index (χ1n) is 6.96. The maximum atomic E-state index is 13.7. The number of ether oxygens (including phenoxy) is 1. The Balaban J connectivity index is 2.12. The van der Waals surface area contributed by atoms with Gasteiger partial charge in [0.15, 0.2) is 11.6 Å². The van der Waals surface area contributed by atoms with E-state index in [1.165, 1.54) is 18.9 Å². The van der Waals surface area contributed by atoms with Gasteiger partial charge < -0.3 is 4.74 Å². The summed E-state index contributed by atoms with van der Waals surface area (Å²) in [5.41, 5.74) is 7.19. The molecule has 1 aliphatic rings. The highest BCUT2D eigenvalue weighted by molar-refractivity contribution is 5.32. The highest BCUT2D eigenvalue weighted by atomic mass is 19.1. The van der Waals surface area contributed by atoms with E-state index in [9.17, 15) is 4.39 Å². The van der Waals surface area contributed by atoms with Gasteiger partial charge in [0.25, 0.3) is 0 Å². The predicted molar refractivity (Wildman–Crippen MR) is 74.4 cm³/mol. The molecule has 2 rings (SSSR count). The number of hydrazine groups is 1. The van der Waals surface area contributed by atoms with Crippen LogP contribution in [0, 0.1) is 17.7 Å². The van der Waals surface area contributed by atoms with Gasteiger partial charge in [-0.2, -0.15) is 0 Å². The van der Waals surface area contributed by atoms with Gasteiger partial charge >= 0.3 is 0 Å². The molecule has 1 saturated carbocycles. The first kappa shape index (κ1) is 14.3. The molecule has 0 aromatic heterocycles. The Morgan fingerprint density at radius 3 is 2.68 bits per heavy atom. The number of rotatable bonds is 7. The molecule has 1 aliphatic carbocycles. The van der Waals surface area contributed by atoms with Crippen molar-refractivity contribution in [3.05, 3.63) is 29.6 Å². The summed E-state index contributed by atoms with van der Waals surface area (Å²) in [6, 6.07) is 5.25. The summed E-state index contributed by atoms with van der Waals surface area (Å²) in [7, 11) is 1.84. The van der Waals surface area contributed by atoms with Crippen LogP contribution in [0.3, 0.4) is 0 Å². The monoisotopic (exact) mass is 266 g/mol. The van der Waals surface area contributed by atoms with Crippen molar-refractivity contribution in [1.82, 2.24) is 10.9 Å². The molecule has 1 aromatic carbocycles. The summed E-state index contributed by atoms with van der Waals surface area (Å²) in [5, 5.41) is 0. The van der Waals surface area contributed by atoms with Crippen LogP contribution >= 0.6 is 0 Å². The SMILES string of the molecule is CNN[C@@H](c1ccc(F)c(OCC2CC2)c1)C(C)C. The van der Waals surface area contributed by atoms with E-state index < -0.39 is 0 Å². The van der Waals surface area contributed by atoms with Crippen LogP contribution in [0.5, 0.6) is 5.75 Å². The molecular formula is C15H23FN2O. The first-order chi connectivity index (χ1) is 9.11. The van der Waals surface area contributed by atoms with Crippen LogP contribution in [0.25, 0.3) is 0 Å². The van der Waals surface area contributed by atoms with Crippen molar-refractivity contribution in [2.24, 2.45) is 11.8 Å². The fourth-order valence-corrected chi connectivity index (χ4v) is 2.11. The van der Waals surface area contributed by atoms with Gasteiger partial charge in [-0.1, -0.05) is 19.9 Å². The van der Waals surface area contributed by atoms with Crippen LogP contribution < -0.4 is 15.6 Å². The standard InChI is InChI=1S/C15H23FN2O/c1-10(2)15(18-17-3)12-6-7-13(16)14(8-12)19-9-11-4-5-11/h6-8,10-11,15,17-18H,4-5,9H2,1-3H3/t15-/m1/s1. The van der Waals surface area contributed by atoms with E-state index >= 15 is 0 Å². The molecule has 0 aliphatic heterocycles. The third-order valence-electron chi connectivity index (χ3n) is 3.45. The van der Waals surface area contributed by atoms with Crippen LogP contribution in [0.15, 0.2) is 18.2 Å². The quantitative estimate of drug-likeness (QED) is 0.744. The minimum atomic E-state index is -0.281. The third kappa shape index (κ3) is 3.91. The van der Waals surface area contributed by atoms with E-state index in [1.54, 1.807) is 0 Å². The lowest BCUT2D eigenvalue weighted by molar-refractivity contribution is 0.283. The molecule has 0 bridgehead atoms. The summed E-state index contributed by atoms with van der Waals surface area (Å²) < 4.78 is 19.3. The lowest BCUT2D eigenvalue weighted by Gasteiger charge is -2.23. The second-order valence-electron chi connectivity index (χ2n) is 5.56. The van der Waals surface area contributed by atoms with E-state index in [-0.39, 0.29) is 11.9 Å². The van der Waals surface area contributed by atoms with Gasteiger partial charge in [0.1, 0.15) is 0 Å². The van der Waals surface area contributed by atoms with Crippen LogP contribution in [-0.2, 0) is 0 Å². The van der Waals surface area contributed by atoms with Crippen molar-refractivity contribution in [2.45, 2.75) is 32.7 Å². The van der Waals surface area contributed by atoms with Crippen molar-refractivity contribution in [3.63, 3.8) is 0 Å². The maximum absolute atomic E-state index is 13.7. The van der Waals surface area contributed by atoms with Crippen LogP contribution in [0.2, 0.25) is 0 Å². The highest BCUT2D eigenvalue weighted by Gasteiger charge is 2.23. The number of benzene rings is 1. The largest absolute Gasteiger partial charge is 0.490 e. The smallest absolute Gasteiger partial charge is 0.165 e. The van der Waals surface area contributed by atoms with Gasteiger partial charge in [0.05, 0.1) is 6.61 Å². The Hall–Kier alpha value is -1.13. The Morgan fingerprint density at radius 2 is 2.11 bits per heavy atom. The van der Waals surface area contributed by atoms with E-state index in [4.69, 9.17) is 4.74 Å². The average molecular weight is 266 g/mol. The minimum absolute atomic E-state index is 0.133. The Labute approximate surface area is 114 Å². The number of halogens is 1. The van der Waals surface area contributed by atoms with Crippen molar-refractivity contribution < 1.29 is 9.13 Å². The Kier molecular flexibility index (Phi) is 4.77. The number of hydrogen-bond acceptors (Lipinski definition) is 3. The van der Waals surface area contributed by atoms with Gasteiger partial charge in [0.2, 0.25) is 0 Å². The first-order valence-corrected chi connectivity index (χ1v) is 6.96. The van der Waals surface area contributed by atoms with Crippen molar-refractivity contribution in [1.29, 1.82) is 0 Å². The van der Waals surface area contributed by atoms with Gasteiger partial charge in [-0.3, -0.25) is 10.9 Å². The van der Waals surface area contributed by atoms with Crippen molar-refractivity contribution in [3.8, 4) is 5.75 Å². The molecule has 0 spiro atoms. The molecule has 1 fully saturated rings. The summed E-state index contributed by atoms with van der Waals surface area (Å²) in [4.78, 5) is 0. The second-order valence-corrected chi connectivity index (χ2v) is 5.56. The molecule has 0 saturated heterocycles. The van der Waals surface area contributed by atoms with Gasteiger partial charge in [-0.25, -0.2) is 4.39 Å². The molecule has 0 amide bonds. The molecule has 3 nitrogen and oxygen atoms in total. The van der Waals surface area contributed by atoms with Crippen molar-refractivity contribution >= 4 is 0 Å². The molecule has 4 heteroatoms. The fraction of sp³-hybridized carbons (Fsp3) is 0.600. The Bertz CT molecular complexity index is 419. The van der Waals surface area contributed by atoms with Gasteiger partial charge in [0, 0.05) is 6.04 Å². The predicted octanol–water partition coefficient (Wildman–Crippen LogP) is 3.04. The number of nitrogens with one attached hydrogen (secondary N) is 2. The second kappa shape index (κ2) is 6.35. The molecule has 1 atom stereocenters. The maximum Gasteiger partial charge on any atom is 0.165 e. The molecule has 2 N–H and O–H groups in total.